The lowest BCUT2D eigenvalue weighted by atomic mass is 9.33. The zero-order valence-corrected chi connectivity index (χ0v) is 35.3. The number of aromatic hydroxyl groups is 5. The molecule has 3 fully saturated rings. The molecule has 2 heterocycles. The summed E-state index contributed by atoms with van der Waals surface area (Å²) in [6.45, 7) is 0. The molecule has 12 rings (SSSR count). The van der Waals surface area contributed by atoms with E-state index in [0.717, 1.165) is 17.5 Å². The molecular weight excluding hydrogens is 787 g/mol. The molecule has 3 saturated carbocycles. The van der Waals surface area contributed by atoms with Crippen molar-refractivity contribution in [2.24, 2.45) is 34.5 Å². The van der Waals surface area contributed by atoms with Crippen molar-refractivity contribution in [1.82, 2.24) is 15.3 Å². The topological polar surface area (TPSA) is 162 Å². The van der Waals surface area contributed by atoms with E-state index in [2.05, 4.69) is 64.9 Å². The average Bonchev–Trinajstić information content (AvgIpc) is 4.02. The van der Waals surface area contributed by atoms with Gasteiger partial charge in [0.25, 0.3) is 0 Å². The quantitative estimate of drug-likeness (QED) is 0.0477. The van der Waals surface area contributed by atoms with Crippen molar-refractivity contribution in [2.45, 2.75) is 94.2 Å². The number of fused-ring (bicyclic) bond motifs is 3. The van der Waals surface area contributed by atoms with Gasteiger partial charge in [-0.25, -0.2) is 4.98 Å². The number of hydrogen-bond donors (Lipinski definition) is 8. The van der Waals surface area contributed by atoms with Crippen molar-refractivity contribution in [3.8, 4) is 28.7 Å². The second-order valence-electron chi connectivity index (χ2n) is 19.9. The third kappa shape index (κ3) is 5.32. The van der Waals surface area contributed by atoms with Gasteiger partial charge in [0, 0.05) is 28.6 Å². The van der Waals surface area contributed by atoms with Crippen molar-refractivity contribution in [3.05, 3.63) is 142 Å². The van der Waals surface area contributed by atoms with Gasteiger partial charge in [-0.15, -0.1) is 0 Å². The minimum atomic E-state index is -0.530. The number of H-pyrrole nitrogens is 1. The van der Waals surface area contributed by atoms with Gasteiger partial charge in [-0.3, -0.25) is 5.32 Å². The molecule has 0 radical (unpaired) electrons. The largest absolute Gasteiger partial charge is 0.507 e. The molecule has 63 heavy (non-hydrogen) atoms. The summed E-state index contributed by atoms with van der Waals surface area (Å²) in [4.78, 5) is 9.02. The number of aliphatic hydroxyl groups excluding tert-OH is 1. The van der Waals surface area contributed by atoms with Gasteiger partial charge in [-0.2, -0.15) is 0 Å². The molecule has 0 saturated heterocycles. The number of imidazole rings is 1. The summed E-state index contributed by atoms with van der Waals surface area (Å²) < 4.78 is 0. The number of nitrogens with one attached hydrogen (secondary N) is 2. The summed E-state index contributed by atoms with van der Waals surface area (Å²) in [5, 5.41) is 71.0. The highest BCUT2D eigenvalue weighted by Gasteiger charge is 2.78. The lowest BCUT2D eigenvalue weighted by Gasteiger charge is -2.71. The van der Waals surface area contributed by atoms with Crippen molar-refractivity contribution < 1.29 is 30.6 Å². The number of benzene rings is 4. The zero-order valence-electron chi connectivity index (χ0n) is 35.3. The molecule has 0 bridgehead atoms. The van der Waals surface area contributed by atoms with Crippen molar-refractivity contribution >= 4 is 22.9 Å². The normalized spacial score (nSPS) is 33.5. The maximum Gasteiger partial charge on any atom is 0.169 e. The van der Waals surface area contributed by atoms with Crippen LogP contribution < -0.4 is 5.32 Å². The van der Waals surface area contributed by atoms with Gasteiger partial charge in [0.05, 0.1) is 29.6 Å². The van der Waals surface area contributed by atoms with Crippen LogP contribution in [0.4, 0.5) is 0 Å². The van der Waals surface area contributed by atoms with Gasteiger partial charge >= 0.3 is 0 Å². The molecule has 10 atom stereocenters. The number of aliphatic hydroxyl groups is 1. The van der Waals surface area contributed by atoms with Crippen LogP contribution in [0.25, 0.3) is 22.9 Å². The van der Waals surface area contributed by atoms with Crippen LogP contribution in [0.1, 0.15) is 96.6 Å². The van der Waals surface area contributed by atoms with Gasteiger partial charge in [-0.05, 0) is 144 Å². The Morgan fingerprint density at radius 3 is 2.51 bits per heavy atom. The van der Waals surface area contributed by atoms with Gasteiger partial charge in [0.2, 0.25) is 0 Å². The first-order chi connectivity index (χ1) is 30.6. The highest BCUT2D eigenvalue weighted by Crippen LogP contribution is 2.79. The molecule has 1 aromatic heterocycles. The SMILES string of the molecule is Oc1ccc(C=Cc2c(CCc3ccc(C4C=CC5=CC6CCC7CCc8[nH]cnc8C8(C5N4)C4C(O)C=CC5CCCC54CCC678)cc3)c(O)c(O)c3c(O)cccc23)cc1O. The highest BCUT2D eigenvalue weighted by atomic mass is 16.3. The number of aromatic amines is 1. The van der Waals surface area contributed by atoms with Gasteiger partial charge < -0.3 is 35.6 Å². The third-order valence-electron chi connectivity index (χ3n) is 17.6. The molecular formula is C54H55N3O6. The second-order valence-corrected chi connectivity index (χ2v) is 19.9. The van der Waals surface area contributed by atoms with Crippen LogP contribution >= 0.6 is 0 Å². The van der Waals surface area contributed by atoms with Crippen LogP contribution in [0.2, 0.25) is 0 Å². The Hall–Kier alpha value is -5.77. The fourth-order valence-corrected chi connectivity index (χ4v) is 15.2. The first-order valence-corrected chi connectivity index (χ1v) is 23.2. The first kappa shape index (κ1) is 38.9. The van der Waals surface area contributed by atoms with Crippen LogP contribution in [0.15, 0.2) is 103 Å². The van der Waals surface area contributed by atoms with E-state index in [-0.39, 0.29) is 68.4 Å². The summed E-state index contributed by atoms with van der Waals surface area (Å²) >= 11 is 0. The predicted octanol–water partition coefficient (Wildman–Crippen LogP) is 9.58. The summed E-state index contributed by atoms with van der Waals surface area (Å²) in [6.07, 6.45) is 28.4. The number of phenols is 5. The van der Waals surface area contributed by atoms with Crippen LogP contribution in [0.5, 0.6) is 28.7 Å². The Kier molecular flexibility index (Phi) is 8.71. The predicted molar refractivity (Wildman–Crippen MR) is 243 cm³/mol. The number of nitrogens with zero attached hydrogens (tertiary/aromatic N) is 1. The molecule has 7 aliphatic rings. The fraction of sp³-hybridized carbons (Fsp3) is 0.389. The van der Waals surface area contributed by atoms with E-state index in [1.165, 1.54) is 86.5 Å². The van der Waals surface area contributed by atoms with Gasteiger partial charge in [-0.1, -0.05) is 91.4 Å². The smallest absolute Gasteiger partial charge is 0.169 e. The minimum absolute atomic E-state index is 0.00577. The van der Waals surface area contributed by atoms with Crippen LogP contribution in [0, 0.1) is 34.5 Å². The molecule has 5 aromatic rings. The van der Waals surface area contributed by atoms with Crippen LogP contribution in [-0.4, -0.2) is 52.8 Å². The summed E-state index contributed by atoms with van der Waals surface area (Å²) in [7, 11) is 0. The van der Waals surface area contributed by atoms with Crippen LogP contribution in [0.3, 0.4) is 0 Å². The van der Waals surface area contributed by atoms with Crippen molar-refractivity contribution in [3.63, 3.8) is 0 Å². The molecule has 4 aromatic carbocycles. The monoisotopic (exact) mass is 841 g/mol. The average molecular weight is 842 g/mol. The lowest BCUT2D eigenvalue weighted by Crippen LogP contribution is -2.75. The molecule has 6 aliphatic carbocycles. The summed E-state index contributed by atoms with van der Waals surface area (Å²) in [5.74, 6) is 0.351. The number of rotatable bonds is 6. The first-order valence-electron chi connectivity index (χ1n) is 23.2. The van der Waals surface area contributed by atoms with Crippen LogP contribution in [-0.2, 0) is 24.7 Å². The molecule has 9 nitrogen and oxygen atoms in total. The Morgan fingerprint density at radius 2 is 1.65 bits per heavy atom. The van der Waals surface area contributed by atoms with E-state index in [9.17, 15) is 30.6 Å². The number of allylic oxidation sites excluding steroid dienone is 2. The van der Waals surface area contributed by atoms with E-state index in [0.29, 0.717) is 52.7 Å². The standard InChI is InChI=1S/C54H55N3O6/c58-42-22-10-31(27-45(42)61)9-18-37-38-4-1-5-43(59)46(38)48(63)47(62)39(37)19-8-30-6-11-32(12-7-30)40-20-13-33-28-36-15-14-35-16-21-41-51(56-29-55-41)54(50(33)57-40)49-44(60)23-17-34-3-2-24-52(34,49)25-26-53(35,36)54/h1,4-7,9-13,17-18,20,22-23,27-29,34-36,40,44,49-50,57-63H,2-3,8,14-16,19,21,24-26H2,(H,55,56). The van der Waals surface area contributed by atoms with Crippen molar-refractivity contribution in [1.29, 1.82) is 0 Å². The molecule has 9 heteroatoms. The van der Waals surface area contributed by atoms with E-state index in [1.807, 2.05) is 12.4 Å². The fourth-order valence-electron chi connectivity index (χ4n) is 15.2. The Balaban J connectivity index is 0.891. The molecule has 10 unspecified atom stereocenters. The number of aryl methyl sites for hydroxylation is 2. The number of aromatic nitrogens is 2. The third-order valence-corrected chi connectivity index (χ3v) is 17.6. The Labute approximate surface area is 367 Å². The Bertz CT molecular complexity index is 2800. The van der Waals surface area contributed by atoms with E-state index in [1.54, 1.807) is 24.3 Å². The lowest BCUT2D eigenvalue weighted by molar-refractivity contribution is -0.175. The maximum absolute atomic E-state index is 12.6. The molecule has 322 valence electrons. The maximum atomic E-state index is 12.6. The molecule has 8 N–H and O–H groups in total. The summed E-state index contributed by atoms with van der Waals surface area (Å²) in [5.41, 5.74) is 7.60. The number of phenolic OH excluding ortho intramolecular Hbond substituents is 5. The zero-order chi connectivity index (χ0) is 42.8. The van der Waals surface area contributed by atoms with Gasteiger partial charge in [0.15, 0.2) is 23.0 Å². The second kappa shape index (κ2) is 14.1. The van der Waals surface area contributed by atoms with E-state index < -0.39 is 6.10 Å². The number of hydrogen-bond acceptors (Lipinski definition) is 8. The highest BCUT2D eigenvalue weighted by molar-refractivity contribution is 6.03. The molecule has 1 aliphatic heterocycles. The molecule has 0 amide bonds. The van der Waals surface area contributed by atoms with E-state index >= 15 is 0 Å². The van der Waals surface area contributed by atoms with E-state index in [4.69, 9.17) is 4.98 Å². The summed E-state index contributed by atoms with van der Waals surface area (Å²) in [6, 6.07) is 18.2. The van der Waals surface area contributed by atoms with Crippen molar-refractivity contribution in [2.75, 3.05) is 0 Å². The molecule has 2 spiro atoms. The Morgan fingerprint density at radius 1 is 0.778 bits per heavy atom. The minimum Gasteiger partial charge on any atom is -0.507 e. The van der Waals surface area contributed by atoms with Gasteiger partial charge in [0.1, 0.15) is 5.75 Å².